The molecule has 0 aliphatic rings. The van der Waals surface area contributed by atoms with Crippen LogP contribution in [-0.4, -0.2) is 67.0 Å². The van der Waals surface area contributed by atoms with E-state index in [1.165, 1.54) is 5.56 Å². The van der Waals surface area contributed by atoms with Crippen molar-refractivity contribution < 1.29 is 18.8 Å². The van der Waals surface area contributed by atoms with E-state index in [0.29, 0.717) is 25.2 Å². The number of rotatable bonds is 16. The SMILES string of the molecule is COc1ccc(CCCC(=O)CCCCCC[N+](C)(C)CCNC(=O)c2nc(Cl)c(N)nc2N)cc1. The normalized spacial score (nSPS) is 11.3. The molecule has 0 fully saturated rings. The number of methoxy groups -OCH3 is 1. The van der Waals surface area contributed by atoms with Gasteiger partial charge in [-0.3, -0.25) is 9.59 Å². The molecular formula is C26H40ClN6O3+. The summed E-state index contributed by atoms with van der Waals surface area (Å²) in [6, 6.07) is 8.02. The first-order valence-corrected chi connectivity index (χ1v) is 12.8. The Morgan fingerprint density at radius 2 is 1.61 bits per heavy atom. The second-order valence-electron chi connectivity index (χ2n) is 9.68. The molecule has 1 aromatic carbocycles. The predicted molar refractivity (Wildman–Crippen MR) is 144 cm³/mol. The first kappa shape index (κ1) is 29.3. The Bertz CT molecular complexity index is 998. The molecular weight excluding hydrogens is 480 g/mol. The highest BCUT2D eigenvalue weighted by molar-refractivity contribution is 6.31. The highest BCUT2D eigenvalue weighted by Crippen LogP contribution is 2.17. The Labute approximate surface area is 219 Å². The lowest BCUT2D eigenvalue weighted by Crippen LogP contribution is -2.46. The minimum absolute atomic E-state index is 0.00221. The number of Topliss-reactive ketones (excluding diaryl/α,β-unsaturated/α-hetero) is 1. The third-order valence-corrected chi connectivity index (χ3v) is 6.45. The minimum Gasteiger partial charge on any atom is -0.497 e. The van der Waals surface area contributed by atoms with Crippen LogP contribution in [0.25, 0.3) is 0 Å². The van der Waals surface area contributed by atoms with Crippen LogP contribution in [0.2, 0.25) is 5.15 Å². The number of hydrogen-bond donors (Lipinski definition) is 3. The Kier molecular flexibility index (Phi) is 11.9. The third-order valence-electron chi connectivity index (χ3n) is 6.17. The third kappa shape index (κ3) is 10.4. The van der Waals surface area contributed by atoms with Crippen molar-refractivity contribution in [1.82, 2.24) is 15.3 Å². The monoisotopic (exact) mass is 519 g/mol. The van der Waals surface area contributed by atoms with Gasteiger partial charge in [0.05, 0.1) is 40.8 Å². The van der Waals surface area contributed by atoms with Crippen molar-refractivity contribution in [1.29, 1.82) is 0 Å². The topological polar surface area (TPSA) is 133 Å². The second-order valence-corrected chi connectivity index (χ2v) is 10.0. The lowest BCUT2D eigenvalue weighted by atomic mass is 10.0. The number of carbonyl (C=O) groups is 2. The van der Waals surface area contributed by atoms with Crippen LogP contribution in [0.3, 0.4) is 0 Å². The zero-order valence-electron chi connectivity index (χ0n) is 21.7. The number of likely N-dealkylation sites (N-methyl/N-ethyl adjacent to an activating group) is 1. The quantitative estimate of drug-likeness (QED) is 0.227. The van der Waals surface area contributed by atoms with Crippen LogP contribution in [0.15, 0.2) is 24.3 Å². The summed E-state index contributed by atoms with van der Waals surface area (Å²) in [5.74, 6) is 0.736. The van der Waals surface area contributed by atoms with Gasteiger partial charge in [0.2, 0.25) is 0 Å². The molecule has 36 heavy (non-hydrogen) atoms. The average Bonchev–Trinajstić information content (AvgIpc) is 2.83. The van der Waals surface area contributed by atoms with E-state index in [1.54, 1.807) is 7.11 Å². The number of halogens is 1. The fraction of sp³-hybridized carbons (Fsp3) is 0.538. The number of carbonyl (C=O) groups excluding carboxylic acids is 2. The van der Waals surface area contributed by atoms with Crippen molar-refractivity contribution in [2.75, 3.05) is 52.3 Å². The average molecular weight is 520 g/mol. The molecule has 1 heterocycles. The van der Waals surface area contributed by atoms with Crippen molar-refractivity contribution in [2.24, 2.45) is 0 Å². The molecule has 10 heteroatoms. The molecule has 198 valence electrons. The number of aromatic nitrogens is 2. The van der Waals surface area contributed by atoms with E-state index in [0.717, 1.165) is 61.8 Å². The minimum atomic E-state index is -0.421. The fourth-order valence-corrected chi connectivity index (χ4v) is 4.03. The lowest BCUT2D eigenvalue weighted by molar-refractivity contribution is -0.889. The molecule has 2 aromatic rings. The van der Waals surface area contributed by atoms with E-state index in [4.69, 9.17) is 27.8 Å². The van der Waals surface area contributed by atoms with Crippen molar-refractivity contribution >= 4 is 34.9 Å². The van der Waals surface area contributed by atoms with Crippen molar-refractivity contribution in [2.45, 2.75) is 51.4 Å². The van der Waals surface area contributed by atoms with Gasteiger partial charge in [-0.15, -0.1) is 0 Å². The maximum atomic E-state index is 12.3. The number of hydrogen-bond acceptors (Lipinski definition) is 7. The van der Waals surface area contributed by atoms with Gasteiger partial charge in [0.25, 0.3) is 5.91 Å². The number of ketones is 1. The van der Waals surface area contributed by atoms with Crippen LogP contribution in [0.5, 0.6) is 5.75 Å². The van der Waals surface area contributed by atoms with Crippen molar-refractivity contribution in [3.63, 3.8) is 0 Å². The number of quaternary nitrogens is 1. The maximum Gasteiger partial charge on any atom is 0.273 e. The molecule has 0 radical (unpaired) electrons. The fourth-order valence-electron chi connectivity index (χ4n) is 3.90. The standard InChI is InChI=1S/C26H39ClN6O3/c1-33(2,18-16-30-26(35)22-24(28)32-25(29)23(27)31-22)17-7-5-4-6-10-20(34)11-8-9-19-12-14-21(36-3)15-13-19/h12-15H,4-11,16-18H2,1-3H3,(H4-,28,29,30,32,35)/p+1. The molecule has 0 atom stereocenters. The van der Waals surface area contributed by atoms with E-state index < -0.39 is 5.91 Å². The van der Waals surface area contributed by atoms with Gasteiger partial charge in [0, 0.05) is 12.8 Å². The van der Waals surface area contributed by atoms with Crippen LogP contribution in [0.4, 0.5) is 11.6 Å². The molecule has 1 aromatic heterocycles. The highest BCUT2D eigenvalue weighted by Gasteiger charge is 2.18. The Morgan fingerprint density at radius 3 is 2.31 bits per heavy atom. The summed E-state index contributed by atoms with van der Waals surface area (Å²) in [6.45, 7) is 2.22. The number of nitrogens with one attached hydrogen (secondary N) is 1. The number of nitrogen functional groups attached to an aromatic ring is 2. The number of amides is 1. The molecule has 1 amide bonds. The van der Waals surface area contributed by atoms with E-state index in [2.05, 4.69) is 41.5 Å². The summed E-state index contributed by atoms with van der Waals surface area (Å²) < 4.78 is 5.94. The van der Waals surface area contributed by atoms with Crippen LogP contribution in [0.1, 0.15) is 61.0 Å². The van der Waals surface area contributed by atoms with E-state index in [-0.39, 0.29) is 22.5 Å². The first-order valence-electron chi connectivity index (χ1n) is 12.4. The largest absolute Gasteiger partial charge is 0.497 e. The molecule has 0 saturated heterocycles. The molecule has 5 N–H and O–H groups in total. The summed E-state index contributed by atoms with van der Waals surface area (Å²) in [6.07, 6.45) is 7.25. The first-order chi connectivity index (χ1) is 17.1. The summed E-state index contributed by atoms with van der Waals surface area (Å²) in [4.78, 5) is 32.3. The molecule has 2 rings (SSSR count). The predicted octanol–water partition coefficient (Wildman–Crippen LogP) is 3.65. The van der Waals surface area contributed by atoms with Gasteiger partial charge in [-0.25, -0.2) is 9.97 Å². The smallest absolute Gasteiger partial charge is 0.273 e. The number of nitrogens with two attached hydrogens (primary N) is 2. The van der Waals surface area contributed by atoms with Gasteiger partial charge in [-0.1, -0.05) is 30.2 Å². The van der Waals surface area contributed by atoms with Gasteiger partial charge in [-0.2, -0.15) is 0 Å². The molecule has 0 spiro atoms. The summed E-state index contributed by atoms with van der Waals surface area (Å²) in [5, 5.41) is 2.78. The van der Waals surface area contributed by atoms with Gasteiger partial charge < -0.3 is 26.0 Å². The van der Waals surface area contributed by atoms with Gasteiger partial charge in [0.15, 0.2) is 22.5 Å². The van der Waals surface area contributed by atoms with E-state index in [9.17, 15) is 9.59 Å². The Balaban J connectivity index is 1.54. The molecule has 0 unspecified atom stereocenters. The number of anilines is 2. The zero-order valence-corrected chi connectivity index (χ0v) is 22.4. The summed E-state index contributed by atoms with van der Waals surface area (Å²) in [5.41, 5.74) is 12.5. The molecule has 0 saturated carbocycles. The van der Waals surface area contributed by atoms with Gasteiger partial charge in [-0.05, 0) is 49.8 Å². The Hall–Kier alpha value is -2.91. The van der Waals surface area contributed by atoms with Crippen LogP contribution in [0, 0.1) is 0 Å². The molecule has 9 nitrogen and oxygen atoms in total. The highest BCUT2D eigenvalue weighted by atomic mass is 35.5. The number of nitrogens with zero attached hydrogens (tertiary/aromatic N) is 3. The Morgan fingerprint density at radius 1 is 0.944 bits per heavy atom. The summed E-state index contributed by atoms with van der Waals surface area (Å²) >= 11 is 5.84. The van der Waals surface area contributed by atoms with Crippen LogP contribution < -0.4 is 21.5 Å². The second kappa shape index (κ2) is 14.6. The maximum absolute atomic E-state index is 12.3. The van der Waals surface area contributed by atoms with E-state index >= 15 is 0 Å². The van der Waals surface area contributed by atoms with Gasteiger partial charge in [0.1, 0.15) is 11.5 Å². The van der Waals surface area contributed by atoms with Crippen molar-refractivity contribution in [3.05, 3.63) is 40.7 Å². The number of aryl methyl sites for hydroxylation is 1. The molecule has 0 bridgehead atoms. The molecule has 0 aliphatic heterocycles. The number of unbranched alkanes of at least 4 members (excludes halogenated alkanes) is 3. The van der Waals surface area contributed by atoms with Crippen LogP contribution >= 0.6 is 11.6 Å². The molecule has 0 aliphatic carbocycles. The van der Waals surface area contributed by atoms with Crippen LogP contribution in [-0.2, 0) is 11.2 Å². The number of ether oxygens (including phenoxy) is 1. The summed E-state index contributed by atoms with van der Waals surface area (Å²) in [7, 11) is 5.92. The van der Waals surface area contributed by atoms with Gasteiger partial charge >= 0.3 is 0 Å². The van der Waals surface area contributed by atoms with Crippen molar-refractivity contribution in [3.8, 4) is 5.75 Å². The lowest BCUT2D eigenvalue weighted by Gasteiger charge is -2.30. The van der Waals surface area contributed by atoms with E-state index in [1.807, 2.05) is 12.1 Å². The number of benzene rings is 1. The zero-order chi connectivity index (χ0) is 26.6.